The minimum atomic E-state index is -0.205. The molecule has 0 spiro atoms. The molecule has 0 saturated carbocycles. The number of hydrogen-bond donors (Lipinski definition) is 2. The van der Waals surface area contributed by atoms with Crippen LogP contribution in [0.5, 0.6) is 0 Å². The Bertz CT molecular complexity index is 471. The molecule has 3 N–H and O–H groups in total. The van der Waals surface area contributed by atoms with Crippen LogP contribution >= 0.6 is 22.9 Å². The second-order valence-corrected chi connectivity index (χ2v) is 4.70. The number of halogens is 1. The number of fused-ring (bicyclic) bond motifs is 1. The fourth-order valence-electron chi connectivity index (χ4n) is 1.35. The summed E-state index contributed by atoms with van der Waals surface area (Å²) in [5.41, 5.74) is 6.74. The highest BCUT2D eigenvalue weighted by molar-refractivity contribution is 7.19. The molecule has 0 bridgehead atoms. The summed E-state index contributed by atoms with van der Waals surface area (Å²) in [6.45, 7) is 0.0742. The van der Waals surface area contributed by atoms with E-state index in [4.69, 9.17) is 22.4 Å². The molecule has 15 heavy (non-hydrogen) atoms. The summed E-state index contributed by atoms with van der Waals surface area (Å²) in [7, 11) is 0. The number of benzene rings is 1. The van der Waals surface area contributed by atoms with Gasteiger partial charge in [0, 0.05) is 6.61 Å². The van der Waals surface area contributed by atoms with Crippen molar-refractivity contribution in [3.05, 3.63) is 28.2 Å². The van der Waals surface area contributed by atoms with Crippen molar-refractivity contribution in [2.24, 2.45) is 5.73 Å². The van der Waals surface area contributed by atoms with Crippen molar-refractivity contribution in [2.75, 3.05) is 6.61 Å². The Morgan fingerprint density at radius 2 is 2.33 bits per heavy atom. The summed E-state index contributed by atoms with van der Waals surface area (Å²) < 4.78 is 0.961. The lowest BCUT2D eigenvalue weighted by molar-refractivity contribution is 0.276. The molecule has 0 aliphatic heterocycles. The molecule has 0 amide bonds. The molecule has 1 aromatic heterocycles. The smallest absolute Gasteiger partial charge is 0.111 e. The Morgan fingerprint density at radius 1 is 1.53 bits per heavy atom. The lowest BCUT2D eigenvalue weighted by Gasteiger charge is -2.03. The predicted molar refractivity (Wildman–Crippen MR) is 63.3 cm³/mol. The van der Waals surface area contributed by atoms with Crippen molar-refractivity contribution in [1.82, 2.24) is 4.98 Å². The summed E-state index contributed by atoms with van der Waals surface area (Å²) in [5.74, 6) is 0. The normalized spacial score (nSPS) is 13.3. The van der Waals surface area contributed by atoms with Gasteiger partial charge in [-0.25, -0.2) is 4.98 Å². The number of thiazole rings is 1. The molecule has 2 aromatic rings. The van der Waals surface area contributed by atoms with Crippen LogP contribution in [0.3, 0.4) is 0 Å². The van der Waals surface area contributed by atoms with Crippen molar-refractivity contribution in [3.63, 3.8) is 0 Å². The molecule has 0 radical (unpaired) electrons. The Hall–Kier alpha value is -0.680. The Morgan fingerprint density at radius 3 is 3.00 bits per heavy atom. The minimum Gasteiger partial charge on any atom is -0.396 e. The highest BCUT2D eigenvalue weighted by atomic mass is 35.5. The molecular weight excluding hydrogens is 232 g/mol. The van der Waals surface area contributed by atoms with Crippen LogP contribution in [-0.2, 0) is 0 Å². The molecule has 1 unspecified atom stereocenters. The van der Waals surface area contributed by atoms with Gasteiger partial charge < -0.3 is 10.8 Å². The van der Waals surface area contributed by atoms with Crippen molar-refractivity contribution < 1.29 is 5.11 Å². The molecule has 0 fully saturated rings. The van der Waals surface area contributed by atoms with Gasteiger partial charge in [-0.05, 0) is 18.6 Å². The highest BCUT2D eigenvalue weighted by Crippen LogP contribution is 2.31. The molecule has 5 heteroatoms. The summed E-state index contributed by atoms with van der Waals surface area (Å²) in [5, 5.41) is 10.3. The second-order valence-electron chi connectivity index (χ2n) is 3.26. The fourth-order valence-corrected chi connectivity index (χ4v) is 2.65. The van der Waals surface area contributed by atoms with Gasteiger partial charge in [-0.2, -0.15) is 0 Å². The predicted octanol–water partition coefficient (Wildman–Crippen LogP) is 2.33. The van der Waals surface area contributed by atoms with E-state index in [1.54, 1.807) is 0 Å². The van der Waals surface area contributed by atoms with Gasteiger partial charge in [-0.15, -0.1) is 11.3 Å². The van der Waals surface area contributed by atoms with Gasteiger partial charge in [-0.1, -0.05) is 17.7 Å². The third-order valence-corrected chi connectivity index (χ3v) is 3.80. The van der Waals surface area contributed by atoms with Crippen LogP contribution in [0.1, 0.15) is 17.5 Å². The van der Waals surface area contributed by atoms with Gasteiger partial charge in [0.05, 0.1) is 21.3 Å². The lowest BCUT2D eigenvalue weighted by Crippen LogP contribution is -2.11. The number of aromatic nitrogens is 1. The van der Waals surface area contributed by atoms with Gasteiger partial charge in [0.1, 0.15) is 5.01 Å². The molecule has 2 rings (SSSR count). The molecule has 1 aromatic carbocycles. The van der Waals surface area contributed by atoms with Crippen LogP contribution in [0.4, 0.5) is 0 Å². The fraction of sp³-hybridized carbons (Fsp3) is 0.300. The molecule has 0 aliphatic carbocycles. The van der Waals surface area contributed by atoms with E-state index in [2.05, 4.69) is 4.98 Å². The zero-order valence-corrected chi connectivity index (χ0v) is 9.55. The number of rotatable bonds is 3. The maximum atomic E-state index is 8.80. The zero-order valence-electron chi connectivity index (χ0n) is 7.98. The van der Waals surface area contributed by atoms with Crippen LogP contribution < -0.4 is 5.73 Å². The monoisotopic (exact) mass is 242 g/mol. The van der Waals surface area contributed by atoms with E-state index in [-0.39, 0.29) is 12.6 Å². The van der Waals surface area contributed by atoms with Crippen LogP contribution in [0.25, 0.3) is 10.2 Å². The van der Waals surface area contributed by atoms with Crippen molar-refractivity contribution in [3.8, 4) is 0 Å². The second kappa shape index (κ2) is 4.45. The first-order valence-corrected chi connectivity index (χ1v) is 5.83. The first-order valence-electron chi connectivity index (χ1n) is 4.63. The Labute approximate surface area is 96.5 Å². The van der Waals surface area contributed by atoms with E-state index >= 15 is 0 Å². The average molecular weight is 243 g/mol. The maximum Gasteiger partial charge on any atom is 0.111 e. The zero-order chi connectivity index (χ0) is 10.8. The van der Waals surface area contributed by atoms with E-state index in [9.17, 15) is 0 Å². The SMILES string of the molecule is NC(CCO)c1nc2cccc(Cl)c2s1. The molecule has 1 atom stereocenters. The van der Waals surface area contributed by atoms with Crippen LogP contribution in [0, 0.1) is 0 Å². The van der Waals surface area contributed by atoms with Gasteiger partial charge >= 0.3 is 0 Å². The molecule has 0 saturated heterocycles. The summed E-state index contributed by atoms with van der Waals surface area (Å²) in [4.78, 5) is 4.39. The van der Waals surface area contributed by atoms with Crippen LogP contribution in [0.15, 0.2) is 18.2 Å². The molecule has 1 heterocycles. The molecular formula is C10H11ClN2OS. The quantitative estimate of drug-likeness (QED) is 0.869. The number of nitrogens with zero attached hydrogens (tertiary/aromatic N) is 1. The number of aliphatic hydroxyl groups excluding tert-OH is 1. The molecule has 3 nitrogen and oxygen atoms in total. The van der Waals surface area contributed by atoms with E-state index in [0.29, 0.717) is 11.4 Å². The highest BCUT2D eigenvalue weighted by Gasteiger charge is 2.12. The van der Waals surface area contributed by atoms with Crippen molar-refractivity contribution >= 4 is 33.2 Å². The maximum absolute atomic E-state index is 8.80. The summed E-state index contributed by atoms with van der Waals surface area (Å²) in [6.07, 6.45) is 0.525. The number of hydrogen-bond acceptors (Lipinski definition) is 4. The van der Waals surface area contributed by atoms with Crippen molar-refractivity contribution in [1.29, 1.82) is 0 Å². The Balaban J connectivity index is 2.43. The average Bonchev–Trinajstić information content (AvgIpc) is 2.63. The first kappa shape index (κ1) is 10.8. The van der Waals surface area contributed by atoms with Gasteiger partial charge in [0.15, 0.2) is 0 Å². The van der Waals surface area contributed by atoms with Gasteiger partial charge in [0.2, 0.25) is 0 Å². The van der Waals surface area contributed by atoms with E-state index < -0.39 is 0 Å². The number of nitrogens with two attached hydrogens (primary N) is 1. The Kier molecular flexibility index (Phi) is 3.21. The first-order chi connectivity index (χ1) is 7.22. The largest absolute Gasteiger partial charge is 0.396 e. The van der Waals surface area contributed by atoms with E-state index in [1.165, 1.54) is 11.3 Å². The third-order valence-electron chi connectivity index (χ3n) is 2.14. The van der Waals surface area contributed by atoms with Crippen molar-refractivity contribution in [2.45, 2.75) is 12.5 Å². The molecule has 80 valence electrons. The molecule has 0 aliphatic rings. The van der Waals surface area contributed by atoms with Crippen LogP contribution in [0.2, 0.25) is 5.02 Å². The standard InChI is InChI=1S/C10H11ClN2OS/c11-6-2-1-3-8-9(6)15-10(13-8)7(12)4-5-14/h1-3,7,14H,4-5,12H2. The minimum absolute atomic E-state index is 0.0742. The topological polar surface area (TPSA) is 59.1 Å². The van der Waals surface area contributed by atoms with E-state index in [0.717, 1.165) is 15.2 Å². The van der Waals surface area contributed by atoms with Gasteiger partial charge in [0.25, 0.3) is 0 Å². The van der Waals surface area contributed by atoms with Gasteiger partial charge in [-0.3, -0.25) is 0 Å². The number of aliphatic hydroxyl groups is 1. The lowest BCUT2D eigenvalue weighted by atomic mass is 10.2. The summed E-state index contributed by atoms with van der Waals surface area (Å²) >= 11 is 7.53. The van der Waals surface area contributed by atoms with E-state index in [1.807, 2.05) is 18.2 Å². The third kappa shape index (κ3) is 2.13. The van der Waals surface area contributed by atoms with Crippen LogP contribution in [-0.4, -0.2) is 16.7 Å². The summed E-state index contributed by atoms with van der Waals surface area (Å²) in [6, 6.07) is 5.41.